The van der Waals surface area contributed by atoms with Gasteiger partial charge in [-0.1, -0.05) is 12.2 Å². The van der Waals surface area contributed by atoms with E-state index in [1.165, 1.54) is 12.2 Å². The van der Waals surface area contributed by atoms with Crippen LogP contribution in [-0.2, 0) is 19.2 Å². The molecule has 0 N–H and O–H groups in total. The molecule has 0 aromatic heterocycles. The monoisotopic (exact) mass is 436 g/mol. The summed E-state index contributed by atoms with van der Waals surface area (Å²) in [6, 6.07) is 0. The molecule has 0 saturated heterocycles. The molecular weight excluding hydrogens is 429 g/mol. The third-order valence-electron chi connectivity index (χ3n) is 4.08. The van der Waals surface area contributed by atoms with Gasteiger partial charge >= 0.3 is 206 Å². The van der Waals surface area contributed by atoms with E-state index in [2.05, 4.69) is 0 Å². The fourth-order valence-electron chi connectivity index (χ4n) is 3.35. The van der Waals surface area contributed by atoms with Crippen molar-refractivity contribution in [3.05, 3.63) is 12.2 Å². The van der Waals surface area contributed by atoms with Crippen LogP contribution in [0.3, 0.4) is 0 Å². The Hall–Kier alpha value is 4.17. The zero-order chi connectivity index (χ0) is 15.2. The Balaban J connectivity index is -0.00000110. The summed E-state index contributed by atoms with van der Waals surface area (Å²) < 4.78 is 0. The first kappa shape index (κ1) is 32.8. The van der Waals surface area contributed by atoms with Crippen LogP contribution in [0.2, 0.25) is 0 Å². The molecule has 0 aliphatic heterocycles. The number of allylic oxidation sites excluding steroid dienone is 2. The van der Waals surface area contributed by atoms with Crippen molar-refractivity contribution in [2.75, 3.05) is 0 Å². The van der Waals surface area contributed by atoms with Gasteiger partial charge in [0.25, 0.3) is 0 Å². The normalized spacial score (nSPS) is 32.0. The Kier molecular flexibility index (Phi) is 19.4. The molecule has 108 valence electrons. The molecule has 1 fully saturated rings. The van der Waals surface area contributed by atoms with Crippen LogP contribution >= 0.6 is 0 Å². The van der Waals surface area contributed by atoms with Crippen LogP contribution in [0.1, 0.15) is 0 Å². The summed E-state index contributed by atoms with van der Waals surface area (Å²) in [5, 5.41) is 44.4. The Labute approximate surface area is 308 Å². The first-order valence-electron chi connectivity index (χ1n) is 5.79. The molecule has 3 aliphatic carbocycles. The molecule has 0 aromatic carbocycles. The molecule has 0 amide bonds. The van der Waals surface area contributed by atoms with E-state index in [9.17, 15) is 39.6 Å². The number of rotatable bonds is 4. The number of hydrogen-bond acceptors (Lipinski definition) is 8. The average molecular weight is 437 g/mol. The summed E-state index contributed by atoms with van der Waals surface area (Å²) in [7, 11) is 0. The van der Waals surface area contributed by atoms with Crippen molar-refractivity contribution in [2.45, 2.75) is 0 Å². The molecule has 3 aliphatic rings. The van der Waals surface area contributed by atoms with Gasteiger partial charge in [-0.3, -0.25) is 0 Å². The van der Waals surface area contributed by atoms with Crippen molar-refractivity contribution < 1.29 is 245 Å². The van der Waals surface area contributed by atoms with Crippen molar-refractivity contribution in [3.63, 3.8) is 0 Å². The standard InChI is InChI=1S/C12H12O8.4K/c13-9(14)5-3-1-2-4(7(5)11(17)18)8(12(19)20)6(3)10(15)16;;;;/h1-8H,(H,13,14)(H,15,16)(H,17,18)(H,19,20);;;;/q;4*+1/p-4. The smallest absolute Gasteiger partial charge is 0.550 e. The quantitative estimate of drug-likeness (QED) is 0.310. The van der Waals surface area contributed by atoms with E-state index in [0.717, 1.165) is 0 Å². The summed E-state index contributed by atoms with van der Waals surface area (Å²) in [4.78, 5) is 44.4. The van der Waals surface area contributed by atoms with E-state index in [4.69, 9.17) is 0 Å². The van der Waals surface area contributed by atoms with Gasteiger partial charge in [0.15, 0.2) is 0 Å². The topological polar surface area (TPSA) is 161 Å². The summed E-state index contributed by atoms with van der Waals surface area (Å²) >= 11 is 0. The first-order chi connectivity index (χ1) is 9.27. The van der Waals surface area contributed by atoms with E-state index < -0.39 is 59.4 Å². The minimum absolute atomic E-state index is 0. The van der Waals surface area contributed by atoms with Crippen molar-refractivity contribution in [2.24, 2.45) is 35.5 Å². The summed E-state index contributed by atoms with van der Waals surface area (Å²) in [6.45, 7) is 0. The molecule has 0 heterocycles. The van der Waals surface area contributed by atoms with Crippen molar-refractivity contribution in [1.29, 1.82) is 0 Å². The fourth-order valence-corrected chi connectivity index (χ4v) is 3.35. The van der Waals surface area contributed by atoms with Gasteiger partial charge in [0, 0.05) is 47.5 Å². The van der Waals surface area contributed by atoms with Crippen LogP contribution in [0.4, 0.5) is 0 Å². The number of carboxylic acid groups (broad SMARTS) is 4. The molecule has 0 aromatic rings. The van der Waals surface area contributed by atoms with E-state index in [1.54, 1.807) is 0 Å². The van der Waals surface area contributed by atoms with Gasteiger partial charge in [-0.2, -0.15) is 0 Å². The third kappa shape index (κ3) is 6.86. The number of carboxylic acids is 4. The van der Waals surface area contributed by atoms with Gasteiger partial charge in [0.2, 0.25) is 0 Å². The maximum Gasteiger partial charge on any atom is 1.00 e. The van der Waals surface area contributed by atoms with E-state index in [-0.39, 0.29) is 206 Å². The van der Waals surface area contributed by atoms with Crippen molar-refractivity contribution >= 4 is 23.9 Å². The van der Waals surface area contributed by atoms with Crippen LogP contribution in [-0.4, -0.2) is 23.9 Å². The second-order valence-electron chi connectivity index (χ2n) is 4.92. The van der Waals surface area contributed by atoms with E-state index >= 15 is 0 Å². The zero-order valence-corrected chi connectivity index (χ0v) is 26.4. The Bertz CT molecular complexity index is 451. The van der Waals surface area contributed by atoms with Gasteiger partial charge in [-0.05, 0) is 11.8 Å². The van der Waals surface area contributed by atoms with Crippen LogP contribution < -0.4 is 226 Å². The Morgan fingerprint density at radius 3 is 0.792 bits per heavy atom. The molecule has 8 nitrogen and oxygen atoms in total. The maximum atomic E-state index is 11.1. The fraction of sp³-hybridized carbons (Fsp3) is 0.500. The molecule has 4 unspecified atom stereocenters. The largest absolute Gasteiger partial charge is 1.00 e. The second-order valence-corrected chi connectivity index (χ2v) is 4.92. The minimum atomic E-state index is -1.76. The SMILES string of the molecule is O=C([O-])C1C2C=CC(C1C(=O)[O-])C(C(=O)[O-])C2C(=O)[O-].[K+].[K+].[K+].[K+]. The summed E-state index contributed by atoms with van der Waals surface area (Å²) in [5.74, 6) is -16.4. The Morgan fingerprint density at radius 1 is 0.500 bits per heavy atom. The van der Waals surface area contributed by atoms with Gasteiger partial charge < -0.3 is 39.6 Å². The van der Waals surface area contributed by atoms with Crippen LogP contribution in [0.5, 0.6) is 0 Å². The van der Waals surface area contributed by atoms with Gasteiger partial charge in [0.05, 0.1) is 0 Å². The average Bonchev–Trinajstić information content (AvgIpc) is 2.36. The van der Waals surface area contributed by atoms with Crippen LogP contribution in [0.15, 0.2) is 12.2 Å². The van der Waals surface area contributed by atoms with Crippen LogP contribution in [0, 0.1) is 35.5 Å². The summed E-state index contributed by atoms with van der Waals surface area (Å²) in [6.07, 6.45) is 2.37. The molecule has 2 bridgehead atoms. The number of carbonyl (C=O) groups is 4. The molecule has 4 atom stereocenters. The molecule has 1 saturated carbocycles. The molecule has 12 heteroatoms. The van der Waals surface area contributed by atoms with Crippen LogP contribution in [0.25, 0.3) is 0 Å². The predicted molar refractivity (Wildman–Crippen MR) is 50.1 cm³/mol. The summed E-state index contributed by atoms with van der Waals surface area (Å²) in [5.41, 5.74) is 0. The number of fused-ring (bicyclic) bond motifs is 2. The van der Waals surface area contributed by atoms with Crippen molar-refractivity contribution in [1.82, 2.24) is 0 Å². The number of hydrogen-bond donors (Lipinski definition) is 0. The number of carbonyl (C=O) groups excluding carboxylic acids is 4. The molecule has 0 radical (unpaired) electrons. The number of aliphatic carboxylic acids is 4. The molecule has 0 spiro atoms. The molecule has 24 heavy (non-hydrogen) atoms. The predicted octanol–water partition coefficient (Wildman–Crippen LogP) is -17.7. The second kappa shape index (κ2) is 14.2. The van der Waals surface area contributed by atoms with E-state index in [0.29, 0.717) is 0 Å². The van der Waals surface area contributed by atoms with E-state index in [1.807, 2.05) is 0 Å². The zero-order valence-electron chi connectivity index (χ0n) is 13.9. The van der Waals surface area contributed by atoms with Crippen molar-refractivity contribution in [3.8, 4) is 0 Å². The molecule has 3 rings (SSSR count). The Morgan fingerprint density at radius 2 is 0.667 bits per heavy atom. The first-order valence-corrected chi connectivity index (χ1v) is 5.79. The van der Waals surface area contributed by atoms with Gasteiger partial charge in [-0.25, -0.2) is 0 Å². The van der Waals surface area contributed by atoms with Gasteiger partial charge in [0.1, 0.15) is 0 Å². The molecular formula is C12H8K4O8. The maximum absolute atomic E-state index is 11.1. The van der Waals surface area contributed by atoms with Gasteiger partial charge in [-0.15, -0.1) is 0 Å². The third-order valence-corrected chi connectivity index (χ3v) is 4.08. The minimum Gasteiger partial charge on any atom is -0.550 e.